The molecule has 1 heterocycles. The number of nitrogens with one attached hydrogen (secondary N) is 1. The van der Waals surface area contributed by atoms with Gasteiger partial charge in [0, 0.05) is 11.3 Å². The molecule has 1 unspecified atom stereocenters. The van der Waals surface area contributed by atoms with E-state index in [2.05, 4.69) is 9.97 Å². The lowest BCUT2D eigenvalue weighted by Crippen LogP contribution is -2.08. The first kappa shape index (κ1) is 12.3. The minimum Gasteiger partial charge on any atom is -0.481 e. The van der Waals surface area contributed by atoms with Crippen LogP contribution in [0, 0.1) is 12.7 Å². The quantitative estimate of drug-likeness (QED) is 0.877. The third-order valence-corrected chi connectivity index (χ3v) is 2.80. The number of aromatic amines is 1. The van der Waals surface area contributed by atoms with E-state index in [0.29, 0.717) is 11.5 Å². The van der Waals surface area contributed by atoms with Crippen LogP contribution in [0.3, 0.4) is 0 Å². The van der Waals surface area contributed by atoms with E-state index in [1.165, 1.54) is 12.1 Å². The highest BCUT2D eigenvalue weighted by Crippen LogP contribution is 2.24. The fourth-order valence-electron chi connectivity index (χ4n) is 1.69. The molecule has 0 bridgehead atoms. The summed E-state index contributed by atoms with van der Waals surface area (Å²) in [5.41, 5.74) is 2.18. The zero-order chi connectivity index (χ0) is 13.3. The van der Waals surface area contributed by atoms with Crippen molar-refractivity contribution in [3.05, 3.63) is 41.6 Å². The predicted octanol–water partition coefficient (Wildman–Crippen LogP) is 2.71. The normalized spacial score (nSPS) is 12.4. The van der Waals surface area contributed by atoms with Crippen LogP contribution in [0.25, 0.3) is 11.3 Å². The molecule has 94 valence electrons. The molecule has 1 atom stereocenters. The van der Waals surface area contributed by atoms with Gasteiger partial charge >= 0.3 is 5.97 Å². The van der Waals surface area contributed by atoms with Crippen molar-refractivity contribution >= 4 is 5.97 Å². The number of carboxylic acids is 1. The SMILES string of the molecule is Cc1[nH]c(C(C)C(=O)O)nc1-c1ccc(F)cc1. The van der Waals surface area contributed by atoms with Crippen LogP contribution in [0.2, 0.25) is 0 Å². The molecule has 2 rings (SSSR count). The molecule has 1 aromatic heterocycles. The standard InChI is InChI=1S/C13H13FN2O2/c1-7(13(17)18)12-15-8(2)11(16-12)9-3-5-10(14)6-4-9/h3-7H,1-2H3,(H,15,16)(H,17,18). The number of carboxylic acid groups (broad SMARTS) is 1. The number of aryl methyl sites for hydroxylation is 1. The lowest BCUT2D eigenvalue weighted by molar-refractivity contribution is -0.138. The Morgan fingerprint density at radius 3 is 2.56 bits per heavy atom. The van der Waals surface area contributed by atoms with Gasteiger partial charge in [-0.1, -0.05) is 0 Å². The van der Waals surface area contributed by atoms with Gasteiger partial charge in [0.15, 0.2) is 0 Å². The Morgan fingerprint density at radius 2 is 2.00 bits per heavy atom. The molecule has 4 nitrogen and oxygen atoms in total. The van der Waals surface area contributed by atoms with E-state index < -0.39 is 11.9 Å². The molecule has 0 amide bonds. The molecule has 2 N–H and O–H groups in total. The van der Waals surface area contributed by atoms with Crippen molar-refractivity contribution in [1.29, 1.82) is 0 Å². The number of H-pyrrole nitrogens is 1. The molecule has 0 spiro atoms. The van der Waals surface area contributed by atoms with Crippen molar-refractivity contribution in [1.82, 2.24) is 9.97 Å². The monoisotopic (exact) mass is 248 g/mol. The smallest absolute Gasteiger partial charge is 0.313 e. The fourth-order valence-corrected chi connectivity index (χ4v) is 1.69. The summed E-state index contributed by atoms with van der Waals surface area (Å²) < 4.78 is 12.8. The molecule has 0 radical (unpaired) electrons. The summed E-state index contributed by atoms with van der Waals surface area (Å²) in [6, 6.07) is 5.94. The van der Waals surface area contributed by atoms with E-state index in [-0.39, 0.29) is 5.82 Å². The first-order chi connectivity index (χ1) is 8.49. The highest BCUT2D eigenvalue weighted by molar-refractivity contribution is 5.75. The van der Waals surface area contributed by atoms with Crippen LogP contribution in [0.5, 0.6) is 0 Å². The highest BCUT2D eigenvalue weighted by atomic mass is 19.1. The number of nitrogens with zero attached hydrogens (tertiary/aromatic N) is 1. The van der Waals surface area contributed by atoms with Crippen molar-refractivity contribution in [3.63, 3.8) is 0 Å². The van der Waals surface area contributed by atoms with E-state index in [0.717, 1.165) is 11.3 Å². The predicted molar refractivity (Wildman–Crippen MR) is 64.8 cm³/mol. The van der Waals surface area contributed by atoms with Gasteiger partial charge in [0.25, 0.3) is 0 Å². The van der Waals surface area contributed by atoms with Crippen molar-refractivity contribution < 1.29 is 14.3 Å². The Morgan fingerprint density at radius 1 is 1.39 bits per heavy atom. The molecular weight excluding hydrogens is 235 g/mol. The molecule has 5 heteroatoms. The molecule has 1 aromatic carbocycles. The minimum atomic E-state index is -0.936. The van der Waals surface area contributed by atoms with Crippen LogP contribution in [0.1, 0.15) is 24.4 Å². The molecule has 18 heavy (non-hydrogen) atoms. The molecule has 2 aromatic rings. The lowest BCUT2D eigenvalue weighted by atomic mass is 10.1. The Balaban J connectivity index is 2.40. The summed E-state index contributed by atoms with van der Waals surface area (Å²) >= 11 is 0. The Labute approximate surface area is 103 Å². The van der Waals surface area contributed by atoms with Crippen LogP contribution in [-0.4, -0.2) is 21.0 Å². The largest absolute Gasteiger partial charge is 0.481 e. The van der Waals surface area contributed by atoms with Gasteiger partial charge in [-0.05, 0) is 38.1 Å². The van der Waals surface area contributed by atoms with E-state index in [1.54, 1.807) is 19.1 Å². The number of aromatic nitrogens is 2. The van der Waals surface area contributed by atoms with Crippen molar-refractivity contribution in [2.24, 2.45) is 0 Å². The number of benzene rings is 1. The van der Waals surface area contributed by atoms with Gasteiger partial charge in [0.05, 0.1) is 5.69 Å². The molecule has 0 fully saturated rings. The number of aliphatic carboxylic acids is 1. The van der Waals surface area contributed by atoms with E-state index in [1.807, 2.05) is 6.92 Å². The maximum absolute atomic E-state index is 12.8. The molecule has 0 saturated carbocycles. The summed E-state index contributed by atoms with van der Waals surface area (Å²) in [6.07, 6.45) is 0. The van der Waals surface area contributed by atoms with Gasteiger partial charge in [-0.2, -0.15) is 0 Å². The molecule has 0 saturated heterocycles. The third kappa shape index (κ3) is 2.25. The van der Waals surface area contributed by atoms with Crippen LogP contribution in [-0.2, 0) is 4.79 Å². The zero-order valence-electron chi connectivity index (χ0n) is 10.1. The first-order valence-electron chi connectivity index (χ1n) is 5.54. The number of rotatable bonds is 3. The molecule has 0 aliphatic carbocycles. The minimum absolute atomic E-state index is 0.314. The summed E-state index contributed by atoms with van der Waals surface area (Å²) in [5.74, 6) is -1.54. The number of hydrogen-bond donors (Lipinski definition) is 2. The lowest BCUT2D eigenvalue weighted by Gasteiger charge is -2.00. The molecular formula is C13H13FN2O2. The topological polar surface area (TPSA) is 66.0 Å². The summed E-state index contributed by atoms with van der Waals surface area (Å²) in [4.78, 5) is 18.1. The fraction of sp³-hybridized carbons (Fsp3) is 0.231. The van der Waals surface area contributed by atoms with Gasteiger partial charge in [0.1, 0.15) is 17.6 Å². The van der Waals surface area contributed by atoms with Gasteiger partial charge in [-0.15, -0.1) is 0 Å². The highest BCUT2D eigenvalue weighted by Gasteiger charge is 2.19. The number of imidazole rings is 1. The summed E-state index contributed by atoms with van der Waals surface area (Å²) in [5, 5.41) is 8.93. The van der Waals surface area contributed by atoms with Crippen LogP contribution in [0.4, 0.5) is 4.39 Å². The van der Waals surface area contributed by atoms with Gasteiger partial charge in [-0.25, -0.2) is 9.37 Å². The number of hydrogen-bond acceptors (Lipinski definition) is 2. The van der Waals surface area contributed by atoms with Crippen molar-refractivity contribution in [2.75, 3.05) is 0 Å². The van der Waals surface area contributed by atoms with Crippen molar-refractivity contribution in [2.45, 2.75) is 19.8 Å². The van der Waals surface area contributed by atoms with Gasteiger partial charge in [-0.3, -0.25) is 4.79 Å². The van der Waals surface area contributed by atoms with Crippen LogP contribution >= 0.6 is 0 Å². The maximum Gasteiger partial charge on any atom is 0.313 e. The second-order valence-corrected chi connectivity index (χ2v) is 4.16. The summed E-state index contributed by atoms with van der Waals surface area (Å²) in [7, 11) is 0. The maximum atomic E-state index is 12.8. The Kier molecular flexibility index (Phi) is 3.14. The summed E-state index contributed by atoms with van der Waals surface area (Å²) in [6.45, 7) is 3.37. The first-order valence-corrected chi connectivity index (χ1v) is 5.54. The number of carbonyl (C=O) groups is 1. The average molecular weight is 248 g/mol. The van der Waals surface area contributed by atoms with Crippen molar-refractivity contribution in [3.8, 4) is 11.3 Å². The third-order valence-electron chi connectivity index (χ3n) is 2.80. The Hall–Kier alpha value is -2.17. The van der Waals surface area contributed by atoms with Crippen LogP contribution in [0.15, 0.2) is 24.3 Å². The molecule has 0 aliphatic rings. The van der Waals surface area contributed by atoms with Gasteiger partial charge < -0.3 is 10.1 Å². The van der Waals surface area contributed by atoms with Gasteiger partial charge in [0.2, 0.25) is 0 Å². The Bertz CT molecular complexity index is 575. The van der Waals surface area contributed by atoms with E-state index in [4.69, 9.17) is 5.11 Å². The second kappa shape index (κ2) is 4.60. The number of halogens is 1. The second-order valence-electron chi connectivity index (χ2n) is 4.16. The molecule has 0 aliphatic heterocycles. The van der Waals surface area contributed by atoms with E-state index >= 15 is 0 Å². The van der Waals surface area contributed by atoms with E-state index in [9.17, 15) is 9.18 Å². The average Bonchev–Trinajstić information content (AvgIpc) is 2.71. The van der Waals surface area contributed by atoms with Crippen LogP contribution < -0.4 is 0 Å². The zero-order valence-corrected chi connectivity index (χ0v) is 10.1.